The van der Waals surface area contributed by atoms with Crippen LogP contribution in [-0.2, 0) is 21.4 Å². The fourth-order valence-corrected chi connectivity index (χ4v) is 5.35. The van der Waals surface area contributed by atoms with Gasteiger partial charge in [0.1, 0.15) is 11.9 Å². The summed E-state index contributed by atoms with van der Waals surface area (Å²) in [5, 5.41) is 15.3. The van der Waals surface area contributed by atoms with E-state index in [0.29, 0.717) is 30.5 Å². The van der Waals surface area contributed by atoms with Crippen molar-refractivity contribution >= 4 is 35.4 Å². The van der Waals surface area contributed by atoms with Gasteiger partial charge in [-0.1, -0.05) is 50.6 Å². The molecule has 43 heavy (non-hydrogen) atoms. The molecule has 0 radical (unpaired) electrons. The first-order chi connectivity index (χ1) is 20.4. The number of aromatic nitrogens is 2. The SMILES string of the molecule is Cc1ccc(-n2nc(C(C)(C)C)cc2NC(=O)Nc2ccc(CC3CCN(C(=O)CC4NC(=O)NC4=O)CC3)cc2)cc1. The van der Waals surface area contributed by atoms with Gasteiger partial charge in [0.25, 0.3) is 5.91 Å². The van der Waals surface area contributed by atoms with Gasteiger partial charge in [0.2, 0.25) is 5.91 Å². The molecule has 11 heteroatoms. The second kappa shape index (κ2) is 12.3. The summed E-state index contributed by atoms with van der Waals surface area (Å²) >= 11 is 0. The van der Waals surface area contributed by atoms with Crippen LogP contribution in [0.4, 0.5) is 21.1 Å². The standard InChI is InChI=1S/C32H39N7O4/c1-20-5-11-24(12-6-20)39-27(19-26(37-39)32(2,3)4)35-30(42)33-23-9-7-21(8-10-23)17-22-13-15-38(16-14-22)28(40)18-25-29(41)36-31(43)34-25/h5-12,19,22,25H,13-18H2,1-4H3,(H2,33,35,42)(H2,34,36,41,43). The average molecular weight is 586 g/mol. The molecule has 6 amide bonds. The van der Waals surface area contributed by atoms with Gasteiger partial charge in [-0.25, -0.2) is 14.3 Å². The third kappa shape index (κ3) is 7.40. The molecule has 3 aromatic rings. The van der Waals surface area contributed by atoms with Crippen molar-refractivity contribution in [2.75, 3.05) is 23.7 Å². The molecular weight excluding hydrogens is 546 g/mol. The van der Waals surface area contributed by atoms with Crippen LogP contribution in [0.25, 0.3) is 5.69 Å². The molecule has 0 aliphatic carbocycles. The molecule has 5 rings (SSSR count). The highest BCUT2D eigenvalue weighted by molar-refractivity contribution is 6.05. The van der Waals surface area contributed by atoms with Gasteiger partial charge in [-0.3, -0.25) is 20.2 Å². The maximum absolute atomic E-state index is 13.0. The Labute approximate surface area is 251 Å². The molecular formula is C32H39N7O4. The molecule has 0 spiro atoms. The minimum Gasteiger partial charge on any atom is -0.343 e. The Morgan fingerprint density at radius 1 is 0.977 bits per heavy atom. The van der Waals surface area contributed by atoms with Crippen LogP contribution in [0.2, 0.25) is 0 Å². The lowest BCUT2D eigenvalue weighted by Crippen LogP contribution is -2.42. The Bertz CT molecular complexity index is 1500. The normalized spacial score (nSPS) is 17.4. The summed E-state index contributed by atoms with van der Waals surface area (Å²) in [6.07, 6.45) is 2.59. The molecule has 2 aromatic carbocycles. The first kappa shape index (κ1) is 29.8. The van der Waals surface area contributed by atoms with Crippen LogP contribution >= 0.6 is 0 Å². The van der Waals surface area contributed by atoms with Crippen molar-refractivity contribution in [2.24, 2.45) is 5.92 Å². The van der Waals surface area contributed by atoms with Gasteiger partial charge in [-0.15, -0.1) is 0 Å². The van der Waals surface area contributed by atoms with Gasteiger partial charge >= 0.3 is 12.1 Å². The van der Waals surface area contributed by atoms with Gasteiger partial charge in [-0.2, -0.15) is 5.10 Å². The lowest BCUT2D eigenvalue weighted by molar-refractivity contribution is -0.135. The number of urea groups is 2. The highest BCUT2D eigenvalue weighted by Crippen LogP contribution is 2.27. The molecule has 2 aliphatic heterocycles. The number of carbonyl (C=O) groups is 4. The zero-order valence-corrected chi connectivity index (χ0v) is 25.1. The number of imide groups is 1. The number of nitrogens with one attached hydrogen (secondary N) is 4. The molecule has 3 heterocycles. The molecule has 0 saturated carbocycles. The van der Waals surface area contributed by atoms with Crippen molar-refractivity contribution in [1.82, 2.24) is 25.3 Å². The van der Waals surface area contributed by atoms with E-state index >= 15 is 0 Å². The fourth-order valence-electron chi connectivity index (χ4n) is 5.35. The maximum atomic E-state index is 13.0. The van der Waals surface area contributed by atoms with Crippen molar-refractivity contribution in [1.29, 1.82) is 0 Å². The predicted octanol–water partition coefficient (Wildman–Crippen LogP) is 4.50. The Kier molecular flexibility index (Phi) is 8.52. The van der Waals surface area contributed by atoms with Crippen molar-refractivity contribution < 1.29 is 19.2 Å². The van der Waals surface area contributed by atoms with E-state index in [4.69, 9.17) is 5.10 Å². The van der Waals surface area contributed by atoms with Gasteiger partial charge in [0.05, 0.1) is 17.8 Å². The number of aryl methyl sites for hydroxylation is 1. The van der Waals surface area contributed by atoms with E-state index < -0.39 is 18.0 Å². The number of likely N-dealkylation sites (tertiary alicyclic amines) is 1. The molecule has 4 N–H and O–H groups in total. The number of rotatable bonds is 7. The Balaban J connectivity index is 1.13. The van der Waals surface area contributed by atoms with Crippen LogP contribution in [0, 0.1) is 12.8 Å². The summed E-state index contributed by atoms with van der Waals surface area (Å²) in [5.74, 6) is 0.446. The monoisotopic (exact) mass is 585 g/mol. The first-order valence-corrected chi connectivity index (χ1v) is 14.7. The van der Waals surface area contributed by atoms with E-state index in [1.54, 1.807) is 9.58 Å². The summed E-state index contributed by atoms with van der Waals surface area (Å²) in [5.41, 5.74) is 4.54. The Hall–Kier alpha value is -4.67. The molecule has 11 nitrogen and oxygen atoms in total. The Morgan fingerprint density at radius 3 is 2.26 bits per heavy atom. The second-order valence-electron chi connectivity index (χ2n) is 12.4. The molecule has 1 aromatic heterocycles. The summed E-state index contributed by atoms with van der Waals surface area (Å²) in [7, 11) is 0. The van der Waals surface area contributed by atoms with Crippen LogP contribution in [0.15, 0.2) is 54.6 Å². The van der Waals surface area contributed by atoms with Crippen LogP contribution in [-0.4, -0.2) is 57.7 Å². The van der Waals surface area contributed by atoms with Gasteiger partial charge in [0.15, 0.2) is 0 Å². The van der Waals surface area contributed by atoms with Crippen molar-refractivity contribution in [2.45, 2.75) is 64.8 Å². The third-order valence-electron chi connectivity index (χ3n) is 7.94. The second-order valence-corrected chi connectivity index (χ2v) is 12.4. The summed E-state index contributed by atoms with van der Waals surface area (Å²) in [4.78, 5) is 50.4. The molecule has 1 atom stereocenters. The van der Waals surface area contributed by atoms with Gasteiger partial charge < -0.3 is 15.5 Å². The summed E-state index contributed by atoms with van der Waals surface area (Å²) < 4.78 is 1.75. The van der Waals surface area contributed by atoms with Gasteiger partial charge in [-0.05, 0) is 61.9 Å². The smallest absolute Gasteiger partial charge is 0.324 e. The minimum absolute atomic E-state index is 0.0175. The van der Waals surface area contributed by atoms with Crippen molar-refractivity contribution in [3.63, 3.8) is 0 Å². The lowest BCUT2D eigenvalue weighted by atomic mass is 9.90. The van der Waals surface area contributed by atoms with Crippen molar-refractivity contribution in [3.8, 4) is 5.69 Å². The molecule has 0 bridgehead atoms. The number of piperidine rings is 1. The number of nitrogens with zero attached hydrogens (tertiary/aromatic N) is 3. The number of hydrogen-bond acceptors (Lipinski definition) is 5. The molecule has 2 fully saturated rings. The zero-order valence-electron chi connectivity index (χ0n) is 25.1. The van der Waals surface area contributed by atoms with Crippen LogP contribution < -0.4 is 21.3 Å². The number of carbonyl (C=O) groups excluding carboxylic acids is 4. The maximum Gasteiger partial charge on any atom is 0.324 e. The molecule has 2 aliphatic rings. The quantitative estimate of drug-likeness (QED) is 0.303. The number of hydrogen-bond donors (Lipinski definition) is 4. The van der Waals surface area contributed by atoms with E-state index in [-0.39, 0.29) is 23.8 Å². The van der Waals surface area contributed by atoms with E-state index in [1.807, 2.05) is 61.5 Å². The number of benzene rings is 2. The predicted molar refractivity (Wildman–Crippen MR) is 164 cm³/mol. The number of anilines is 2. The average Bonchev–Trinajstić information content (AvgIpc) is 3.52. The zero-order chi connectivity index (χ0) is 30.7. The highest BCUT2D eigenvalue weighted by atomic mass is 16.2. The van der Waals surface area contributed by atoms with Crippen LogP contribution in [0.5, 0.6) is 0 Å². The van der Waals surface area contributed by atoms with E-state index in [0.717, 1.165) is 41.8 Å². The topological polar surface area (TPSA) is 137 Å². The fraction of sp³-hybridized carbons (Fsp3) is 0.406. The number of amides is 6. The van der Waals surface area contributed by atoms with E-state index in [1.165, 1.54) is 0 Å². The van der Waals surface area contributed by atoms with E-state index in [9.17, 15) is 19.2 Å². The van der Waals surface area contributed by atoms with E-state index in [2.05, 4.69) is 42.0 Å². The van der Waals surface area contributed by atoms with Crippen LogP contribution in [0.1, 0.15) is 56.9 Å². The lowest BCUT2D eigenvalue weighted by Gasteiger charge is -2.32. The molecule has 226 valence electrons. The Morgan fingerprint density at radius 2 is 1.65 bits per heavy atom. The highest BCUT2D eigenvalue weighted by Gasteiger charge is 2.33. The third-order valence-corrected chi connectivity index (χ3v) is 7.94. The summed E-state index contributed by atoms with van der Waals surface area (Å²) in [6.45, 7) is 9.54. The largest absolute Gasteiger partial charge is 0.343 e. The molecule has 2 saturated heterocycles. The van der Waals surface area contributed by atoms with Crippen LogP contribution in [0.3, 0.4) is 0 Å². The van der Waals surface area contributed by atoms with Crippen molar-refractivity contribution in [3.05, 3.63) is 71.4 Å². The molecule has 1 unspecified atom stereocenters. The summed E-state index contributed by atoms with van der Waals surface area (Å²) in [6, 6.07) is 16.0. The van der Waals surface area contributed by atoms with Gasteiger partial charge in [0, 0.05) is 30.3 Å². The first-order valence-electron chi connectivity index (χ1n) is 14.7. The minimum atomic E-state index is -0.789.